The van der Waals surface area contributed by atoms with Crippen molar-refractivity contribution in [3.05, 3.63) is 22.5 Å². The average Bonchev–Trinajstić information content (AvgIpc) is 2.37. The number of nitriles is 1. The summed E-state index contributed by atoms with van der Waals surface area (Å²) in [7, 11) is 0. The molecular weight excluding hydrogens is 279 g/mol. The Morgan fingerprint density at radius 1 is 1.16 bits per heavy atom. The molecule has 3 nitrogen and oxygen atoms in total. The van der Waals surface area contributed by atoms with Crippen LogP contribution in [0.4, 0.5) is 24.5 Å². The lowest BCUT2D eigenvalue weighted by Gasteiger charge is -2.22. The van der Waals surface area contributed by atoms with Gasteiger partial charge in [0, 0.05) is 6.54 Å². The van der Waals surface area contributed by atoms with Gasteiger partial charge in [-0.25, -0.2) is 13.2 Å². The van der Waals surface area contributed by atoms with Crippen molar-refractivity contribution in [3.8, 4) is 6.07 Å². The van der Waals surface area contributed by atoms with Gasteiger partial charge in [0.1, 0.15) is 21.9 Å². The molecule has 0 saturated heterocycles. The Morgan fingerprint density at radius 3 is 2.16 bits per heavy atom. The third-order valence-electron chi connectivity index (χ3n) is 2.33. The Labute approximate surface area is 114 Å². The summed E-state index contributed by atoms with van der Waals surface area (Å²) in [5.41, 5.74) is -2.38. The van der Waals surface area contributed by atoms with E-state index < -0.39 is 39.4 Å². The van der Waals surface area contributed by atoms with Crippen LogP contribution in [0.15, 0.2) is 0 Å². The molecule has 19 heavy (non-hydrogen) atoms. The molecule has 0 unspecified atom stereocenters. The number of nitrogens with one attached hydrogen (secondary N) is 2. The minimum Gasteiger partial charge on any atom is -0.380 e. The normalized spacial score (nSPS) is 11.1. The number of anilines is 2. The van der Waals surface area contributed by atoms with E-state index >= 15 is 0 Å². The van der Waals surface area contributed by atoms with E-state index in [1.54, 1.807) is 6.92 Å². The van der Waals surface area contributed by atoms with Crippen molar-refractivity contribution in [1.29, 1.82) is 5.26 Å². The molecule has 0 heterocycles. The van der Waals surface area contributed by atoms with Crippen LogP contribution in [0.3, 0.4) is 0 Å². The van der Waals surface area contributed by atoms with Crippen LogP contribution in [-0.4, -0.2) is 12.1 Å². The topological polar surface area (TPSA) is 47.8 Å². The van der Waals surface area contributed by atoms with E-state index in [9.17, 15) is 13.2 Å². The van der Waals surface area contributed by atoms with Gasteiger partial charge >= 0.3 is 0 Å². The van der Waals surface area contributed by atoms with Crippen molar-refractivity contribution in [2.45, 2.75) is 26.3 Å². The predicted molar refractivity (Wildman–Crippen MR) is 68.8 cm³/mol. The summed E-state index contributed by atoms with van der Waals surface area (Å²) in [6.45, 7) is 4.71. The van der Waals surface area contributed by atoms with E-state index in [-0.39, 0.29) is 6.54 Å². The standard InChI is InChI=1S/C12H13ClF3N3/c1-4-18-10-7(14)6(13)8(15)11(9(10)16)19-12(2,3)5-17/h18-19H,4H2,1-3H3. The van der Waals surface area contributed by atoms with E-state index in [1.165, 1.54) is 13.8 Å². The monoisotopic (exact) mass is 291 g/mol. The summed E-state index contributed by atoms with van der Waals surface area (Å²) in [5, 5.41) is 12.8. The van der Waals surface area contributed by atoms with Gasteiger partial charge in [0.2, 0.25) is 0 Å². The first kappa shape index (κ1) is 15.4. The van der Waals surface area contributed by atoms with Crippen LogP contribution >= 0.6 is 11.6 Å². The highest BCUT2D eigenvalue weighted by Gasteiger charge is 2.27. The zero-order valence-corrected chi connectivity index (χ0v) is 11.4. The SMILES string of the molecule is CCNc1c(F)c(Cl)c(F)c(NC(C)(C)C#N)c1F. The quantitative estimate of drug-likeness (QED) is 0.653. The highest BCUT2D eigenvalue weighted by atomic mass is 35.5. The molecule has 0 spiro atoms. The van der Waals surface area contributed by atoms with Crippen LogP contribution in [0.1, 0.15) is 20.8 Å². The van der Waals surface area contributed by atoms with Crippen LogP contribution in [0.5, 0.6) is 0 Å². The maximum atomic E-state index is 14.1. The molecule has 1 rings (SSSR count). The minimum absolute atomic E-state index is 0.233. The number of hydrogen-bond acceptors (Lipinski definition) is 3. The van der Waals surface area contributed by atoms with Crippen LogP contribution in [0.2, 0.25) is 5.02 Å². The smallest absolute Gasteiger partial charge is 0.175 e. The number of halogens is 4. The lowest BCUT2D eigenvalue weighted by Crippen LogP contribution is -2.30. The maximum Gasteiger partial charge on any atom is 0.175 e. The molecule has 104 valence electrons. The van der Waals surface area contributed by atoms with Gasteiger partial charge in [0.25, 0.3) is 0 Å². The number of hydrogen-bond donors (Lipinski definition) is 2. The molecule has 0 aromatic heterocycles. The van der Waals surface area contributed by atoms with Crippen molar-refractivity contribution in [2.24, 2.45) is 0 Å². The Morgan fingerprint density at radius 2 is 1.68 bits per heavy atom. The molecule has 1 aromatic carbocycles. The predicted octanol–water partition coefficient (Wildman–Crippen LogP) is 3.90. The second kappa shape index (κ2) is 5.57. The Bertz CT molecular complexity index is 538. The van der Waals surface area contributed by atoms with Crippen LogP contribution in [-0.2, 0) is 0 Å². The lowest BCUT2D eigenvalue weighted by molar-refractivity contribution is 0.546. The summed E-state index contributed by atoms with van der Waals surface area (Å²) in [4.78, 5) is 0. The molecule has 7 heteroatoms. The largest absolute Gasteiger partial charge is 0.380 e. The Kier molecular flexibility index (Phi) is 4.53. The van der Waals surface area contributed by atoms with Gasteiger partial charge in [-0.15, -0.1) is 0 Å². The molecule has 1 aromatic rings. The number of nitrogens with zero attached hydrogens (tertiary/aromatic N) is 1. The molecule has 0 atom stereocenters. The first-order valence-electron chi connectivity index (χ1n) is 5.54. The van der Waals surface area contributed by atoms with Gasteiger partial charge in [-0.2, -0.15) is 5.26 Å². The first-order valence-corrected chi connectivity index (χ1v) is 5.92. The minimum atomic E-state index is -1.26. The third kappa shape index (κ3) is 3.04. The zero-order chi connectivity index (χ0) is 14.8. The summed E-state index contributed by atoms with van der Waals surface area (Å²) in [6, 6.07) is 1.83. The third-order valence-corrected chi connectivity index (χ3v) is 2.67. The summed E-state index contributed by atoms with van der Waals surface area (Å²) in [6.07, 6.45) is 0. The Balaban J connectivity index is 3.44. The van der Waals surface area contributed by atoms with Crippen molar-refractivity contribution in [2.75, 3.05) is 17.2 Å². The molecule has 0 aliphatic heterocycles. The van der Waals surface area contributed by atoms with Crippen LogP contribution in [0.25, 0.3) is 0 Å². The van der Waals surface area contributed by atoms with Crippen molar-refractivity contribution in [1.82, 2.24) is 0 Å². The zero-order valence-electron chi connectivity index (χ0n) is 10.7. The molecule has 0 aliphatic carbocycles. The molecule has 0 radical (unpaired) electrons. The lowest BCUT2D eigenvalue weighted by atomic mass is 10.1. The molecule has 0 fully saturated rings. The molecule has 0 amide bonds. The van der Waals surface area contributed by atoms with E-state index in [1.807, 2.05) is 6.07 Å². The van der Waals surface area contributed by atoms with Crippen LogP contribution in [0, 0.1) is 28.8 Å². The van der Waals surface area contributed by atoms with Gasteiger partial charge in [0.15, 0.2) is 17.5 Å². The molecule has 2 N–H and O–H groups in total. The van der Waals surface area contributed by atoms with Crippen LogP contribution < -0.4 is 10.6 Å². The van der Waals surface area contributed by atoms with E-state index in [4.69, 9.17) is 16.9 Å². The van der Waals surface area contributed by atoms with Gasteiger partial charge in [-0.3, -0.25) is 0 Å². The van der Waals surface area contributed by atoms with Gasteiger partial charge in [-0.1, -0.05) is 11.6 Å². The van der Waals surface area contributed by atoms with Gasteiger partial charge in [0.05, 0.1) is 6.07 Å². The second-order valence-corrected chi connectivity index (χ2v) is 4.78. The number of benzene rings is 1. The molecular formula is C12H13ClF3N3. The fourth-order valence-corrected chi connectivity index (χ4v) is 1.60. The van der Waals surface area contributed by atoms with E-state index in [0.717, 1.165) is 0 Å². The van der Waals surface area contributed by atoms with Crippen molar-refractivity contribution >= 4 is 23.0 Å². The fraction of sp³-hybridized carbons (Fsp3) is 0.417. The van der Waals surface area contributed by atoms with E-state index in [2.05, 4.69) is 10.6 Å². The molecule has 0 bridgehead atoms. The van der Waals surface area contributed by atoms with Gasteiger partial charge < -0.3 is 10.6 Å². The highest BCUT2D eigenvalue weighted by Crippen LogP contribution is 2.36. The van der Waals surface area contributed by atoms with Crippen molar-refractivity contribution < 1.29 is 13.2 Å². The molecule has 0 aliphatic rings. The van der Waals surface area contributed by atoms with Gasteiger partial charge in [-0.05, 0) is 20.8 Å². The van der Waals surface area contributed by atoms with Crippen molar-refractivity contribution in [3.63, 3.8) is 0 Å². The highest BCUT2D eigenvalue weighted by molar-refractivity contribution is 6.31. The summed E-state index contributed by atoms with van der Waals surface area (Å²) >= 11 is 5.49. The average molecular weight is 292 g/mol. The summed E-state index contributed by atoms with van der Waals surface area (Å²) in [5.74, 6) is -3.61. The summed E-state index contributed by atoms with van der Waals surface area (Å²) < 4.78 is 41.5. The maximum absolute atomic E-state index is 14.1. The first-order chi connectivity index (χ1) is 8.75. The Hall–Kier alpha value is -1.61. The second-order valence-electron chi connectivity index (χ2n) is 4.40. The number of rotatable bonds is 4. The van der Waals surface area contributed by atoms with E-state index in [0.29, 0.717) is 0 Å². The molecule has 0 saturated carbocycles. The fourth-order valence-electron chi connectivity index (χ4n) is 1.42.